The number of aryl methyl sites for hydroxylation is 1. The lowest BCUT2D eigenvalue weighted by Gasteiger charge is -2.21. The molecule has 2 aromatic carbocycles. The minimum atomic E-state index is -0.257. The van der Waals surface area contributed by atoms with Crippen LogP contribution < -0.4 is 10.1 Å². The van der Waals surface area contributed by atoms with E-state index < -0.39 is 0 Å². The first kappa shape index (κ1) is 13.4. The monoisotopic (exact) mass is 335 g/mol. The van der Waals surface area contributed by atoms with Crippen molar-refractivity contribution in [3.63, 3.8) is 0 Å². The topological polar surface area (TPSA) is 21.3 Å². The molecule has 104 valence electrons. The molecule has 0 aliphatic carbocycles. The van der Waals surface area contributed by atoms with Crippen molar-refractivity contribution in [2.24, 2.45) is 0 Å². The normalized spacial score (nSPS) is 13.5. The number of rotatable bonds is 3. The van der Waals surface area contributed by atoms with E-state index >= 15 is 0 Å². The summed E-state index contributed by atoms with van der Waals surface area (Å²) in [5.41, 5.74) is 3.33. The van der Waals surface area contributed by atoms with Crippen LogP contribution in [0.15, 0.2) is 40.9 Å². The summed E-state index contributed by atoms with van der Waals surface area (Å²) >= 11 is 3.19. The van der Waals surface area contributed by atoms with Gasteiger partial charge in [-0.25, -0.2) is 4.39 Å². The van der Waals surface area contributed by atoms with Crippen LogP contribution in [0, 0.1) is 5.82 Å². The number of hydrogen-bond acceptors (Lipinski definition) is 2. The van der Waals surface area contributed by atoms with Crippen LogP contribution in [0.2, 0.25) is 0 Å². The molecule has 0 saturated heterocycles. The molecule has 0 atom stereocenters. The molecule has 1 aliphatic heterocycles. The van der Waals surface area contributed by atoms with E-state index in [2.05, 4.69) is 27.3 Å². The Morgan fingerprint density at radius 1 is 1.25 bits per heavy atom. The number of fused-ring (bicyclic) bond motifs is 1. The maximum atomic E-state index is 13.2. The molecule has 2 aromatic rings. The van der Waals surface area contributed by atoms with Crippen molar-refractivity contribution >= 4 is 21.6 Å². The van der Waals surface area contributed by atoms with E-state index in [9.17, 15) is 4.39 Å². The first-order valence-electron chi connectivity index (χ1n) is 6.66. The quantitative estimate of drug-likeness (QED) is 0.889. The van der Waals surface area contributed by atoms with Gasteiger partial charge in [-0.05, 0) is 58.1 Å². The van der Waals surface area contributed by atoms with Crippen molar-refractivity contribution in [1.29, 1.82) is 0 Å². The van der Waals surface area contributed by atoms with E-state index in [1.165, 1.54) is 11.6 Å². The van der Waals surface area contributed by atoms with Gasteiger partial charge >= 0.3 is 0 Å². The summed E-state index contributed by atoms with van der Waals surface area (Å²) in [5.74, 6) is 0.607. The maximum Gasteiger partial charge on any atom is 0.143 e. The van der Waals surface area contributed by atoms with Gasteiger partial charge in [0.25, 0.3) is 0 Å². The summed E-state index contributed by atoms with van der Waals surface area (Å²) in [5, 5.41) is 3.39. The van der Waals surface area contributed by atoms with Gasteiger partial charge in [-0.3, -0.25) is 0 Å². The van der Waals surface area contributed by atoms with Crippen molar-refractivity contribution in [3.8, 4) is 5.75 Å². The summed E-state index contributed by atoms with van der Waals surface area (Å²) < 4.78 is 19.5. The number of para-hydroxylation sites is 1. The van der Waals surface area contributed by atoms with E-state index in [1.54, 1.807) is 12.1 Å². The molecule has 4 heteroatoms. The zero-order chi connectivity index (χ0) is 13.9. The van der Waals surface area contributed by atoms with Crippen LogP contribution in [0.3, 0.4) is 0 Å². The van der Waals surface area contributed by atoms with E-state index in [0.29, 0.717) is 11.1 Å². The molecule has 0 aromatic heterocycles. The summed E-state index contributed by atoms with van der Waals surface area (Å²) in [6.45, 7) is 1.41. The van der Waals surface area contributed by atoms with Gasteiger partial charge < -0.3 is 10.1 Å². The van der Waals surface area contributed by atoms with Crippen molar-refractivity contribution in [2.45, 2.75) is 19.4 Å². The standard InChI is InChI=1S/C16H15BrFNO/c17-13-9-11(6-7-14(13)18)10-20-15-5-1-3-12-4-2-8-19-16(12)15/h1,3,5-7,9,19H,2,4,8,10H2. The highest BCUT2D eigenvalue weighted by Gasteiger charge is 2.13. The predicted octanol–water partition coefficient (Wildman–Crippen LogP) is 4.53. The second-order valence-electron chi connectivity index (χ2n) is 4.86. The van der Waals surface area contributed by atoms with Crippen LogP contribution in [-0.4, -0.2) is 6.54 Å². The summed E-state index contributed by atoms with van der Waals surface area (Å²) in [4.78, 5) is 0. The summed E-state index contributed by atoms with van der Waals surface area (Å²) in [6.07, 6.45) is 2.24. The molecule has 20 heavy (non-hydrogen) atoms. The fourth-order valence-corrected chi connectivity index (χ4v) is 2.81. The average molecular weight is 336 g/mol. The van der Waals surface area contributed by atoms with Crippen molar-refractivity contribution in [2.75, 3.05) is 11.9 Å². The lowest BCUT2D eigenvalue weighted by molar-refractivity contribution is 0.307. The molecule has 0 bridgehead atoms. The molecule has 0 fully saturated rings. The van der Waals surface area contributed by atoms with Gasteiger partial charge in [0.1, 0.15) is 18.2 Å². The molecule has 1 heterocycles. The number of hydrogen-bond donors (Lipinski definition) is 1. The number of ether oxygens (including phenoxy) is 1. The van der Waals surface area contributed by atoms with Gasteiger partial charge in [0.15, 0.2) is 0 Å². The van der Waals surface area contributed by atoms with Gasteiger partial charge in [0, 0.05) is 6.54 Å². The van der Waals surface area contributed by atoms with E-state index in [4.69, 9.17) is 4.74 Å². The van der Waals surface area contributed by atoms with Gasteiger partial charge in [-0.1, -0.05) is 18.2 Å². The Kier molecular flexibility index (Phi) is 3.92. The van der Waals surface area contributed by atoms with Crippen molar-refractivity contribution in [1.82, 2.24) is 0 Å². The zero-order valence-corrected chi connectivity index (χ0v) is 12.5. The molecule has 0 radical (unpaired) electrons. The van der Waals surface area contributed by atoms with E-state index in [0.717, 1.165) is 36.4 Å². The molecular formula is C16H15BrFNO. The first-order chi connectivity index (χ1) is 9.74. The SMILES string of the molecule is Fc1ccc(COc2cccc3c2NCCC3)cc1Br. The molecule has 2 nitrogen and oxygen atoms in total. The summed E-state index contributed by atoms with van der Waals surface area (Å²) in [7, 11) is 0. The minimum absolute atomic E-state index is 0.257. The Hall–Kier alpha value is -1.55. The van der Waals surface area contributed by atoms with E-state index in [1.807, 2.05) is 12.1 Å². The van der Waals surface area contributed by atoms with Crippen LogP contribution >= 0.6 is 15.9 Å². The highest BCUT2D eigenvalue weighted by Crippen LogP contribution is 2.32. The number of benzene rings is 2. The smallest absolute Gasteiger partial charge is 0.143 e. The largest absolute Gasteiger partial charge is 0.487 e. The number of anilines is 1. The Balaban J connectivity index is 1.76. The molecule has 0 saturated carbocycles. The number of nitrogens with one attached hydrogen (secondary N) is 1. The predicted molar refractivity (Wildman–Crippen MR) is 81.7 cm³/mol. The highest BCUT2D eigenvalue weighted by molar-refractivity contribution is 9.10. The third-order valence-electron chi connectivity index (χ3n) is 3.42. The molecule has 1 aliphatic rings. The van der Waals surface area contributed by atoms with Gasteiger partial charge in [-0.2, -0.15) is 0 Å². The molecule has 1 N–H and O–H groups in total. The van der Waals surface area contributed by atoms with Crippen LogP contribution in [0.4, 0.5) is 10.1 Å². The molecular weight excluding hydrogens is 321 g/mol. The van der Waals surface area contributed by atoms with E-state index in [-0.39, 0.29) is 5.82 Å². The Morgan fingerprint density at radius 2 is 2.15 bits per heavy atom. The molecule has 0 unspecified atom stereocenters. The van der Waals surface area contributed by atoms with Crippen LogP contribution in [0.25, 0.3) is 0 Å². The van der Waals surface area contributed by atoms with Gasteiger partial charge in [-0.15, -0.1) is 0 Å². The third kappa shape index (κ3) is 2.80. The zero-order valence-electron chi connectivity index (χ0n) is 11.0. The molecule has 0 spiro atoms. The lowest BCUT2D eigenvalue weighted by atomic mass is 10.0. The van der Waals surface area contributed by atoms with Gasteiger partial charge in [0.2, 0.25) is 0 Å². The van der Waals surface area contributed by atoms with Crippen LogP contribution in [-0.2, 0) is 13.0 Å². The van der Waals surface area contributed by atoms with Crippen molar-refractivity contribution < 1.29 is 9.13 Å². The minimum Gasteiger partial charge on any atom is -0.487 e. The second kappa shape index (κ2) is 5.83. The lowest BCUT2D eigenvalue weighted by Crippen LogP contribution is -2.13. The third-order valence-corrected chi connectivity index (χ3v) is 4.02. The highest BCUT2D eigenvalue weighted by atomic mass is 79.9. The molecule has 0 amide bonds. The second-order valence-corrected chi connectivity index (χ2v) is 5.71. The van der Waals surface area contributed by atoms with Gasteiger partial charge in [0.05, 0.1) is 10.2 Å². The first-order valence-corrected chi connectivity index (χ1v) is 7.46. The Bertz CT molecular complexity index is 630. The fraction of sp³-hybridized carbons (Fsp3) is 0.250. The Morgan fingerprint density at radius 3 is 3.00 bits per heavy atom. The maximum absolute atomic E-state index is 13.2. The Labute approximate surface area is 126 Å². The van der Waals surface area contributed by atoms with Crippen molar-refractivity contribution in [3.05, 3.63) is 57.8 Å². The summed E-state index contributed by atoms with van der Waals surface area (Å²) in [6, 6.07) is 11.0. The van der Waals surface area contributed by atoms with Crippen LogP contribution in [0.1, 0.15) is 17.5 Å². The fourth-order valence-electron chi connectivity index (χ4n) is 2.39. The average Bonchev–Trinajstić information content (AvgIpc) is 2.48. The van der Waals surface area contributed by atoms with Crippen LogP contribution in [0.5, 0.6) is 5.75 Å². The molecule has 3 rings (SSSR count). The number of halogens is 2.